The van der Waals surface area contributed by atoms with Gasteiger partial charge in [-0.2, -0.15) is 5.26 Å². The third-order valence-corrected chi connectivity index (χ3v) is 4.24. The van der Waals surface area contributed by atoms with Gasteiger partial charge >= 0.3 is 6.09 Å². The lowest BCUT2D eigenvalue weighted by Crippen LogP contribution is -2.41. The van der Waals surface area contributed by atoms with Crippen molar-refractivity contribution in [2.24, 2.45) is 11.7 Å². The topological polar surface area (TPSA) is 98.2 Å². The number of ether oxygens (including phenoxy) is 2. The Labute approximate surface area is 168 Å². The van der Waals surface area contributed by atoms with E-state index in [0.717, 1.165) is 0 Å². The van der Waals surface area contributed by atoms with Gasteiger partial charge in [0.2, 0.25) is 0 Å². The van der Waals surface area contributed by atoms with Crippen molar-refractivity contribution in [3.05, 3.63) is 47.0 Å². The molecule has 1 aromatic carbocycles. The molecule has 1 amide bonds. The highest BCUT2D eigenvalue weighted by molar-refractivity contribution is 6.29. The number of pyridine rings is 1. The lowest BCUT2D eigenvalue weighted by Gasteiger charge is -2.30. The number of benzene rings is 1. The molecule has 0 radical (unpaired) electrons. The molecule has 0 bridgehead atoms. The lowest BCUT2D eigenvalue weighted by atomic mass is 9.95. The summed E-state index contributed by atoms with van der Waals surface area (Å²) in [5.41, 5.74) is 5.11. The Morgan fingerprint density at radius 3 is 2.75 bits per heavy atom. The Balaban J connectivity index is 2.28. The maximum atomic E-state index is 14.2. The van der Waals surface area contributed by atoms with E-state index in [1.54, 1.807) is 19.1 Å². The molecule has 0 aliphatic heterocycles. The van der Waals surface area contributed by atoms with E-state index in [0.29, 0.717) is 12.0 Å². The third-order valence-electron chi connectivity index (χ3n) is 3.98. The third kappa shape index (κ3) is 5.33. The standard InChI is InChI=1S/C20H21ClFN3O3/c1-12(2)9-20(3,28-19(24)26)11-27-16-5-4-13(8-14(16)10-23)15-6-7-25-18(21)17(15)22/h4-8,12H,9,11H2,1-3H3,(H2,24,26)/t20-/m0/s1. The summed E-state index contributed by atoms with van der Waals surface area (Å²) in [5.74, 6) is -0.152. The molecular weight excluding hydrogens is 385 g/mol. The summed E-state index contributed by atoms with van der Waals surface area (Å²) in [4.78, 5) is 14.9. The number of hydrogen-bond acceptors (Lipinski definition) is 5. The van der Waals surface area contributed by atoms with Crippen molar-refractivity contribution >= 4 is 17.7 Å². The Hall–Kier alpha value is -2.85. The number of rotatable bonds is 7. The van der Waals surface area contributed by atoms with Crippen LogP contribution in [0.25, 0.3) is 11.1 Å². The molecule has 2 aromatic rings. The van der Waals surface area contributed by atoms with Gasteiger partial charge in [-0.05, 0) is 43.0 Å². The summed E-state index contributed by atoms with van der Waals surface area (Å²) >= 11 is 5.72. The predicted molar refractivity (Wildman–Crippen MR) is 103 cm³/mol. The predicted octanol–water partition coefficient (Wildman–Crippen LogP) is 4.69. The van der Waals surface area contributed by atoms with Crippen molar-refractivity contribution in [2.75, 3.05) is 6.61 Å². The van der Waals surface area contributed by atoms with Crippen LogP contribution >= 0.6 is 11.6 Å². The highest BCUT2D eigenvalue weighted by atomic mass is 35.5. The largest absolute Gasteiger partial charge is 0.488 e. The number of primary amides is 1. The van der Waals surface area contributed by atoms with E-state index in [1.165, 1.54) is 18.3 Å². The molecule has 0 saturated heterocycles. The average Bonchev–Trinajstić information content (AvgIpc) is 2.61. The first-order valence-corrected chi connectivity index (χ1v) is 8.99. The first-order valence-electron chi connectivity index (χ1n) is 8.61. The van der Waals surface area contributed by atoms with E-state index >= 15 is 0 Å². The number of carbonyl (C=O) groups is 1. The highest BCUT2D eigenvalue weighted by Gasteiger charge is 2.31. The molecule has 0 aliphatic carbocycles. The summed E-state index contributed by atoms with van der Waals surface area (Å²) in [6.45, 7) is 5.68. The van der Waals surface area contributed by atoms with Gasteiger partial charge in [0.25, 0.3) is 0 Å². The van der Waals surface area contributed by atoms with Crippen LogP contribution in [0.15, 0.2) is 30.5 Å². The monoisotopic (exact) mass is 405 g/mol. The molecule has 6 nitrogen and oxygen atoms in total. The van der Waals surface area contributed by atoms with E-state index in [-0.39, 0.29) is 34.6 Å². The molecule has 148 valence electrons. The van der Waals surface area contributed by atoms with Gasteiger partial charge in [0, 0.05) is 11.8 Å². The molecule has 1 aromatic heterocycles. The van der Waals surface area contributed by atoms with Crippen LogP contribution in [0.5, 0.6) is 5.75 Å². The van der Waals surface area contributed by atoms with Crippen molar-refractivity contribution in [1.29, 1.82) is 5.26 Å². The minimum atomic E-state index is -0.948. The zero-order chi connectivity index (χ0) is 20.9. The van der Waals surface area contributed by atoms with Gasteiger partial charge in [-0.15, -0.1) is 0 Å². The SMILES string of the molecule is CC(C)C[C@@](C)(COc1ccc(-c2ccnc(Cl)c2F)cc1C#N)OC(N)=O. The van der Waals surface area contributed by atoms with Crippen molar-refractivity contribution in [2.45, 2.75) is 32.8 Å². The first-order chi connectivity index (χ1) is 13.1. The van der Waals surface area contributed by atoms with Gasteiger partial charge in [0.15, 0.2) is 11.0 Å². The molecule has 0 saturated carbocycles. The zero-order valence-electron chi connectivity index (χ0n) is 15.8. The molecule has 0 aliphatic rings. The number of nitriles is 1. The summed E-state index contributed by atoms with van der Waals surface area (Å²) in [6, 6.07) is 8.17. The van der Waals surface area contributed by atoms with Gasteiger partial charge < -0.3 is 15.2 Å². The zero-order valence-corrected chi connectivity index (χ0v) is 16.6. The van der Waals surface area contributed by atoms with Gasteiger partial charge in [-0.25, -0.2) is 14.2 Å². The van der Waals surface area contributed by atoms with Gasteiger partial charge in [0.05, 0.1) is 5.56 Å². The number of carbonyl (C=O) groups excluding carboxylic acids is 1. The number of nitrogens with two attached hydrogens (primary N) is 1. The number of aromatic nitrogens is 1. The second-order valence-electron chi connectivity index (χ2n) is 7.04. The normalized spacial score (nSPS) is 12.9. The fourth-order valence-corrected chi connectivity index (χ4v) is 3.18. The highest BCUT2D eigenvalue weighted by Crippen LogP contribution is 2.31. The molecule has 1 atom stereocenters. The van der Waals surface area contributed by atoms with Gasteiger partial charge in [-0.3, -0.25) is 0 Å². The molecule has 28 heavy (non-hydrogen) atoms. The fourth-order valence-electron chi connectivity index (χ4n) is 3.02. The van der Waals surface area contributed by atoms with E-state index < -0.39 is 17.5 Å². The molecular formula is C20H21ClFN3O3. The molecule has 1 heterocycles. The fraction of sp³-hybridized carbons (Fsp3) is 0.350. The maximum absolute atomic E-state index is 14.2. The van der Waals surface area contributed by atoms with Gasteiger partial charge in [-0.1, -0.05) is 31.5 Å². The van der Waals surface area contributed by atoms with Crippen LogP contribution in [0.3, 0.4) is 0 Å². The van der Waals surface area contributed by atoms with Crippen LogP contribution in [0.2, 0.25) is 5.15 Å². The minimum Gasteiger partial charge on any atom is -0.488 e. The summed E-state index contributed by atoms with van der Waals surface area (Å²) in [6.07, 6.45) is 1.01. The lowest BCUT2D eigenvalue weighted by molar-refractivity contribution is -0.0186. The molecule has 2 rings (SSSR count). The van der Waals surface area contributed by atoms with Crippen molar-refractivity contribution in [3.63, 3.8) is 0 Å². The molecule has 0 unspecified atom stereocenters. The Kier molecular flexibility index (Phi) is 6.81. The van der Waals surface area contributed by atoms with Crippen LogP contribution in [0.4, 0.5) is 9.18 Å². The summed E-state index contributed by atoms with van der Waals surface area (Å²) in [7, 11) is 0. The second kappa shape index (κ2) is 8.89. The Morgan fingerprint density at radius 2 is 2.14 bits per heavy atom. The summed E-state index contributed by atoms with van der Waals surface area (Å²) < 4.78 is 25.2. The molecule has 8 heteroatoms. The number of amides is 1. The maximum Gasteiger partial charge on any atom is 0.405 e. The Bertz CT molecular complexity index is 914. The van der Waals surface area contributed by atoms with E-state index in [9.17, 15) is 14.4 Å². The second-order valence-corrected chi connectivity index (χ2v) is 7.40. The Morgan fingerprint density at radius 1 is 1.43 bits per heavy atom. The number of nitrogens with zero attached hydrogens (tertiary/aromatic N) is 2. The van der Waals surface area contributed by atoms with Crippen LogP contribution < -0.4 is 10.5 Å². The average molecular weight is 406 g/mol. The van der Waals surface area contributed by atoms with Crippen LogP contribution in [-0.4, -0.2) is 23.3 Å². The van der Waals surface area contributed by atoms with Crippen LogP contribution in [0, 0.1) is 23.1 Å². The number of hydrogen-bond donors (Lipinski definition) is 1. The van der Waals surface area contributed by atoms with Crippen molar-refractivity contribution in [3.8, 4) is 22.9 Å². The van der Waals surface area contributed by atoms with E-state index in [4.69, 9.17) is 26.8 Å². The minimum absolute atomic E-state index is 0.0115. The molecule has 2 N–H and O–H groups in total. The van der Waals surface area contributed by atoms with Crippen molar-refractivity contribution in [1.82, 2.24) is 4.98 Å². The van der Waals surface area contributed by atoms with E-state index in [1.807, 2.05) is 19.9 Å². The van der Waals surface area contributed by atoms with Crippen LogP contribution in [-0.2, 0) is 4.74 Å². The van der Waals surface area contributed by atoms with Gasteiger partial charge in [0.1, 0.15) is 24.0 Å². The molecule has 0 spiro atoms. The number of halogens is 2. The molecule has 0 fully saturated rings. The van der Waals surface area contributed by atoms with E-state index in [2.05, 4.69) is 4.98 Å². The smallest absolute Gasteiger partial charge is 0.405 e. The summed E-state index contributed by atoms with van der Waals surface area (Å²) in [5, 5.41) is 9.22. The van der Waals surface area contributed by atoms with Crippen molar-refractivity contribution < 1.29 is 18.7 Å². The van der Waals surface area contributed by atoms with Crippen LogP contribution in [0.1, 0.15) is 32.8 Å². The first kappa shape index (κ1) is 21.5. The quantitative estimate of drug-likeness (QED) is 0.673.